The van der Waals surface area contributed by atoms with Crippen molar-refractivity contribution in [3.63, 3.8) is 0 Å². The quantitative estimate of drug-likeness (QED) is 0.901. The first-order valence-electron chi connectivity index (χ1n) is 6.84. The number of anilines is 1. The molecule has 1 aliphatic rings. The first-order chi connectivity index (χ1) is 9.36. The summed E-state index contributed by atoms with van der Waals surface area (Å²) in [7, 11) is 1.71. The molecule has 1 N–H and O–H groups in total. The van der Waals surface area contributed by atoms with Crippen LogP contribution in [0.15, 0.2) is 42.5 Å². The van der Waals surface area contributed by atoms with Gasteiger partial charge in [0.1, 0.15) is 5.75 Å². The van der Waals surface area contributed by atoms with Crippen LogP contribution in [-0.2, 0) is 12.8 Å². The summed E-state index contributed by atoms with van der Waals surface area (Å²) < 4.78 is 5.29. The Kier molecular flexibility index (Phi) is 3.41. The molecule has 2 heteroatoms. The molecule has 0 aromatic heterocycles. The van der Waals surface area contributed by atoms with Crippen LogP contribution in [0.5, 0.6) is 5.75 Å². The highest BCUT2D eigenvalue weighted by Crippen LogP contribution is 2.28. The van der Waals surface area contributed by atoms with E-state index in [0.717, 1.165) is 18.7 Å². The van der Waals surface area contributed by atoms with Gasteiger partial charge in [-0.2, -0.15) is 0 Å². The molecule has 0 radical (unpaired) electrons. The molecule has 1 aliphatic heterocycles. The Hall–Kier alpha value is -1.96. The molecule has 2 aromatic rings. The Morgan fingerprint density at radius 2 is 2.05 bits per heavy atom. The molecule has 0 saturated heterocycles. The van der Waals surface area contributed by atoms with Crippen molar-refractivity contribution in [2.24, 2.45) is 0 Å². The van der Waals surface area contributed by atoms with E-state index in [2.05, 4.69) is 41.7 Å². The molecule has 0 amide bonds. The lowest BCUT2D eigenvalue weighted by molar-refractivity contribution is 0.414. The van der Waals surface area contributed by atoms with Gasteiger partial charge in [-0.15, -0.1) is 0 Å². The third-order valence-corrected chi connectivity index (χ3v) is 3.69. The van der Waals surface area contributed by atoms with Crippen LogP contribution >= 0.6 is 0 Å². The zero-order valence-electron chi connectivity index (χ0n) is 11.3. The monoisotopic (exact) mass is 253 g/mol. The molecule has 0 atom stereocenters. The lowest BCUT2D eigenvalue weighted by Gasteiger charge is -2.21. The minimum absolute atomic E-state index is 0.926. The van der Waals surface area contributed by atoms with Crippen molar-refractivity contribution < 1.29 is 4.74 Å². The molecule has 0 unspecified atom stereocenters. The van der Waals surface area contributed by atoms with Gasteiger partial charge in [0.25, 0.3) is 0 Å². The standard InChI is InChI=1S/C17H19NO/c1-19-16-9-2-5-13(12-16)11-15-7-3-6-14-8-4-10-18-17(14)15/h2-3,5-7,9,12,18H,4,8,10-11H2,1H3. The first kappa shape index (κ1) is 12.1. The van der Waals surface area contributed by atoms with Crippen molar-refractivity contribution in [3.8, 4) is 5.75 Å². The summed E-state index contributed by atoms with van der Waals surface area (Å²) in [6.45, 7) is 1.09. The molecule has 2 aromatic carbocycles. The summed E-state index contributed by atoms with van der Waals surface area (Å²) in [6.07, 6.45) is 3.37. The molecule has 3 rings (SSSR count). The van der Waals surface area contributed by atoms with Crippen LogP contribution in [0, 0.1) is 0 Å². The Labute approximate surface area is 114 Å². The fourth-order valence-electron chi connectivity index (χ4n) is 2.73. The highest BCUT2D eigenvalue weighted by atomic mass is 16.5. The van der Waals surface area contributed by atoms with E-state index in [1.807, 2.05) is 6.07 Å². The van der Waals surface area contributed by atoms with Crippen LogP contribution in [0.25, 0.3) is 0 Å². The molecular formula is C17H19NO. The van der Waals surface area contributed by atoms with Crippen LogP contribution in [0.1, 0.15) is 23.1 Å². The highest BCUT2D eigenvalue weighted by Gasteiger charge is 2.12. The van der Waals surface area contributed by atoms with E-state index in [0.29, 0.717) is 0 Å². The number of methoxy groups -OCH3 is 1. The summed E-state index contributed by atoms with van der Waals surface area (Å²) in [6, 6.07) is 14.9. The summed E-state index contributed by atoms with van der Waals surface area (Å²) in [5, 5.41) is 3.55. The van der Waals surface area contributed by atoms with Crippen LogP contribution in [0.2, 0.25) is 0 Å². The van der Waals surface area contributed by atoms with Gasteiger partial charge in [-0.3, -0.25) is 0 Å². The largest absolute Gasteiger partial charge is 0.497 e. The molecule has 2 nitrogen and oxygen atoms in total. The van der Waals surface area contributed by atoms with E-state index < -0.39 is 0 Å². The van der Waals surface area contributed by atoms with E-state index in [1.54, 1.807) is 7.11 Å². The van der Waals surface area contributed by atoms with Crippen LogP contribution in [0.4, 0.5) is 5.69 Å². The van der Waals surface area contributed by atoms with E-state index in [1.165, 1.54) is 35.2 Å². The Balaban J connectivity index is 1.90. The molecule has 0 saturated carbocycles. The number of aryl methyl sites for hydroxylation is 1. The average Bonchev–Trinajstić information content (AvgIpc) is 2.48. The maximum absolute atomic E-state index is 5.29. The van der Waals surface area contributed by atoms with Gasteiger partial charge >= 0.3 is 0 Å². The second-order valence-electron chi connectivity index (χ2n) is 5.01. The van der Waals surface area contributed by atoms with Crippen molar-refractivity contribution in [1.29, 1.82) is 0 Å². The highest BCUT2D eigenvalue weighted by molar-refractivity contribution is 5.60. The smallest absolute Gasteiger partial charge is 0.119 e. The molecule has 0 aliphatic carbocycles. The molecule has 0 bridgehead atoms. The zero-order valence-corrected chi connectivity index (χ0v) is 11.3. The SMILES string of the molecule is COc1cccc(Cc2cccc3c2NCCC3)c1. The number of para-hydroxylation sites is 1. The van der Waals surface area contributed by atoms with Crippen molar-refractivity contribution in [2.75, 3.05) is 19.0 Å². The van der Waals surface area contributed by atoms with E-state index in [4.69, 9.17) is 4.74 Å². The minimum Gasteiger partial charge on any atom is -0.497 e. The number of nitrogens with one attached hydrogen (secondary N) is 1. The van der Waals surface area contributed by atoms with E-state index in [-0.39, 0.29) is 0 Å². The van der Waals surface area contributed by atoms with Gasteiger partial charge in [0, 0.05) is 12.2 Å². The topological polar surface area (TPSA) is 21.3 Å². The second-order valence-corrected chi connectivity index (χ2v) is 5.01. The van der Waals surface area contributed by atoms with Gasteiger partial charge in [-0.05, 0) is 48.1 Å². The molecule has 0 spiro atoms. The molecule has 0 fully saturated rings. The number of rotatable bonds is 3. The third kappa shape index (κ3) is 2.58. The van der Waals surface area contributed by atoms with Gasteiger partial charge in [0.05, 0.1) is 7.11 Å². The van der Waals surface area contributed by atoms with Crippen molar-refractivity contribution in [3.05, 3.63) is 59.2 Å². The molecule has 1 heterocycles. The fraction of sp³-hybridized carbons (Fsp3) is 0.294. The molecular weight excluding hydrogens is 234 g/mol. The first-order valence-corrected chi connectivity index (χ1v) is 6.84. The summed E-state index contributed by atoms with van der Waals surface area (Å²) >= 11 is 0. The van der Waals surface area contributed by atoms with Gasteiger partial charge in [-0.1, -0.05) is 30.3 Å². The Morgan fingerprint density at radius 1 is 1.16 bits per heavy atom. The minimum atomic E-state index is 0.926. The van der Waals surface area contributed by atoms with Crippen LogP contribution in [-0.4, -0.2) is 13.7 Å². The lowest BCUT2D eigenvalue weighted by atomic mass is 9.95. The molecule has 98 valence electrons. The second kappa shape index (κ2) is 5.35. The lowest BCUT2D eigenvalue weighted by Crippen LogP contribution is -2.13. The molecule has 19 heavy (non-hydrogen) atoms. The van der Waals surface area contributed by atoms with E-state index >= 15 is 0 Å². The van der Waals surface area contributed by atoms with Crippen LogP contribution < -0.4 is 10.1 Å². The normalized spacial score (nSPS) is 13.5. The predicted octanol–water partition coefficient (Wildman–Crippen LogP) is 3.64. The number of hydrogen-bond acceptors (Lipinski definition) is 2. The predicted molar refractivity (Wildman–Crippen MR) is 79.1 cm³/mol. The van der Waals surface area contributed by atoms with Gasteiger partial charge in [0.15, 0.2) is 0 Å². The Bertz CT molecular complexity index is 577. The zero-order chi connectivity index (χ0) is 13.1. The average molecular weight is 253 g/mol. The van der Waals surface area contributed by atoms with E-state index in [9.17, 15) is 0 Å². The van der Waals surface area contributed by atoms with Crippen molar-refractivity contribution in [1.82, 2.24) is 0 Å². The Morgan fingerprint density at radius 3 is 2.95 bits per heavy atom. The van der Waals surface area contributed by atoms with Gasteiger partial charge in [0.2, 0.25) is 0 Å². The van der Waals surface area contributed by atoms with Crippen molar-refractivity contribution in [2.45, 2.75) is 19.3 Å². The van der Waals surface area contributed by atoms with Gasteiger partial charge in [-0.25, -0.2) is 0 Å². The summed E-state index contributed by atoms with van der Waals surface area (Å²) in [4.78, 5) is 0. The summed E-state index contributed by atoms with van der Waals surface area (Å²) in [5.41, 5.74) is 5.47. The third-order valence-electron chi connectivity index (χ3n) is 3.69. The number of ether oxygens (including phenoxy) is 1. The van der Waals surface area contributed by atoms with Gasteiger partial charge < -0.3 is 10.1 Å². The van der Waals surface area contributed by atoms with Crippen molar-refractivity contribution >= 4 is 5.69 Å². The fourth-order valence-corrected chi connectivity index (χ4v) is 2.73. The summed E-state index contributed by atoms with van der Waals surface area (Å²) in [5.74, 6) is 0.926. The number of fused-ring (bicyclic) bond motifs is 1. The van der Waals surface area contributed by atoms with Crippen LogP contribution in [0.3, 0.4) is 0 Å². The number of hydrogen-bond donors (Lipinski definition) is 1. The maximum atomic E-state index is 5.29. The number of benzene rings is 2. The maximum Gasteiger partial charge on any atom is 0.119 e.